The van der Waals surface area contributed by atoms with Crippen LogP contribution in [0.2, 0.25) is 0 Å². The minimum Gasteiger partial charge on any atom is -0.481 e. The number of primary amides is 2. The number of aliphatic hydroxyl groups excluding tert-OH is 1. The number of carbonyl (C=O) groups excluding carboxylic acids is 10. The minimum absolute atomic E-state index is 0.558. The van der Waals surface area contributed by atoms with Gasteiger partial charge in [0.15, 0.2) is 0 Å². The quantitative estimate of drug-likeness (QED) is 0.0262. The Morgan fingerprint density at radius 3 is 1.25 bits per heavy atom. The Hall–Kier alpha value is -8.07. The molecule has 10 amide bonds. The first kappa shape index (κ1) is 61.9. The average molecular weight is 1030 g/mol. The Balaban J connectivity index is 3.26. The molecule has 0 aliphatic carbocycles. The number of hydrogen-bond acceptors (Lipinski definition) is 18. The standard InChI is InChI=1S/C39H59N11O22/c1-14(31(41)64)42-33(66)17(4-7-25(54)55)45-34(67)18(5-8-26(56)57)46-37(70)22(12-29(62)63)49-32(65)15(2)43-36(69)21(10-24(40)53)50-39-30(72-39)20(11-28(60)61)48-35(68)19(6-9-27(58)59)47-38(71)23(13-51)44-16(3)52/h14-15,17-23,30,39,50-51H,4-13H2,1-3H3,(H2,40,53)(H2,41,64)(H,42,66)(H,43,69)(H,44,52)(H,45,67)(H,46,70)(H,47,71)(H,48,68)(H,49,65)(H,54,55)(H,56,57)(H,58,59)(H,60,61)(H,62,63)/t14-,15-,17-,18-,19-,20-,21-,22-,23-,30?,39?/m1/s1. The molecule has 0 radical (unpaired) electrons. The van der Waals surface area contributed by atoms with Crippen molar-refractivity contribution in [2.45, 2.75) is 145 Å². The second kappa shape index (κ2) is 29.8. The van der Waals surface area contributed by atoms with Gasteiger partial charge in [-0.1, -0.05) is 0 Å². The van der Waals surface area contributed by atoms with Gasteiger partial charge in [-0.2, -0.15) is 0 Å². The zero-order valence-electron chi connectivity index (χ0n) is 38.8. The van der Waals surface area contributed by atoms with Crippen LogP contribution in [0.5, 0.6) is 0 Å². The number of carboxylic acid groups (broad SMARTS) is 5. The summed E-state index contributed by atoms with van der Waals surface area (Å²) in [5, 5.41) is 75.9. The molecule has 0 aromatic carbocycles. The first-order chi connectivity index (χ1) is 33.4. The normalized spacial score (nSPS) is 17.3. The van der Waals surface area contributed by atoms with E-state index < -0.39 is 220 Å². The summed E-state index contributed by atoms with van der Waals surface area (Å²) in [7, 11) is 0. The number of carboxylic acids is 5. The van der Waals surface area contributed by atoms with Crippen molar-refractivity contribution in [2.75, 3.05) is 6.61 Å². The highest BCUT2D eigenvalue weighted by molar-refractivity contribution is 5.98. The van der Waals surface area contributed by atoms with Crippen molar-refractivity contribution in [3.63, 3.8) is 0 Å². The number of aliphatic hydroxyl groups is 1. The van der Waals surface area contributed by atoms with Crippen molar-refractivity contribution in [2.24, 2.45) is 11.5 Å². The highest BCUT2D eigenvalue weighted by atomic mass is 16.6. The third-order valence-electron chi connectivity index (χ3n) is 10.00. The molecule has 1 saturated heterocycles. The number of nitrogens with two attached hydrogens (primary N) is 2. The van der Waals surface area contributed by atoms with Crippen molar-refractivity contribution in [1.29, 1.82) is 0 Å². The van der Waals surface area contributed by atoms with Crippen LogP contribution in [0.25, 0.3) is 0 Å². The maximum atomic E-state index is 13.5. The van der Waals surface area contributed by atoms with E-state index >= 15 is 0 Å². The summed E-state index contributed by atoms with van der Waals surface area (Å²) >= 11 is 0. The van der Waals surface area contributed by atoms with Gasteiger partial charge in [0.1, 0.15) is 54.6 Å². The van der Waals surface area contributed by atoms with Gasteiger partial charge in [0.25, 0.3) is 0 Å². The van der Waals surface area contributed by atoms with Crippen LogP contribution in [0.15, 0.2) is 0 Å². The number of amides is 10. The molecular formula is C39H59N11O22. The molecule has 11 atom stereocenters. The smallest absolute Gasteiger partial charge is 0.305 e. The number of aliphatic carboxylic acids is 5. The van der Waals surface area contributed by atoms with Gasteiger partial charge in [-0.3, -0.25) is 77.2 Å². The number of hydrogen-bond donors (Lipinski definition) is 17. The molecule has 0 bridgehead atoms. The Morgan fingerprint density at radius 2 is 0.847 bits per heavy atom. The molecule has 0 spiro atoms. The Kier molecular flexibility index (Phi) is 25.7. The van der Waals surface area contributed by atoms with Gasteiger partial charge >= 0.3 is 29.8 Å². The lowest BCUT2D eigenvalue weighted by Crippen LogP contribution is -2.59. The molecule has 1 aliphatic rings. The highest BCUT2D eigenvalue weighted by Crippen LogP contribution is 2.26. The van der Waals surface area contributed by atoms with Gasteiger partial charge in [0.2, 0.25) is 59.1 Å². The summed E-state index contributed by atoms with van der Waals surface area (Å²) < 4.78 is 5.44. The zero-order chi connectivity index (χ0) is 55.2. The first-order valence-electron chi connectivity index (χ1n) is 21.5. The van der Waals surface area contributed by atoms with E-state index in [4.69, 9.17) is 21.3 Å². The van der Waals surface area contributed by atoms with Crippen molar-refractivity contribution in [3.05, 3.63) is 0 Å². The molecule has 2 unspecified atom stereocenters. The van der Waals surface area contributed by atoms with Crippen LogP contribution >= 0.6 is 0 Å². The minimum atomic E-state index is -2.07. The van der Waals surface area contributed by atoms with E-state index in [2.05, 4.69) is 42.5 Å². The summed E-state index contributed by atoms with van der Waals surface area (Å²) in [4.78, 5) is 185. The van der Waals surface area contributed by atoms with Gasteiger partial charge in [0.05, 0.1) is 38.0 Å². The fourth-order valence-corrected chi connectivity index (χ4v) is 6.22. The van der Waals surface area contributed by atoms with Gasteiger partial charge in [-0.05, 0) is 33.1 Å². The van der Waals surface area contributed by atoms with Crippen LogP contribution in [0.4, 0.5) is 0 Å². The number of nitrogens with one attached hydrogen (secondary N) is 9. The lowest BCUT2D eigenvalue weighted by Gasteiger charge is -2.26. The molecule has 0 saturated carbocycles. The number of rotatable bonds is 35. The van der Waals surface area contributed by atoms with Crippen molar-refractivity contribution in [3.8, 4) is 0 Å². The van der Waals surface area contributed by atoms with Crippen molar-refractivity contribution < 1.29 is 107 Å². The molecule has 0 aromatic rings. The Labute approximate surface area is 407 Å². The maximum Gasteiger partial charge on any atom is 0.305 e. The van der Waals surface area contributed by atoms with E-state index in [0.29, 0.717) is 0 Å². The highest BCUT2D eigenvalue weighted by Gasteiger charge is 2.49. The van der Waals surface area contributed by atoms with Gasteiger partial charge < -0.3 is 89.4 Å². The zero-order valence-corrected chi connectivity index (χ0v) is 38.8. The molecule has 1 heterocycles. The van der Waals surface area contributed by atoms with E-state index in [1.807, 2.05) is 5.32 Å². The number of carbonyl (C=O) groups is 15. The summed E-state index contributed by atoms with van der Waals surface area (Å²) in [6, 6.07) is -15.0. The van der Waals surface area contributed by atoms with Crippen LogP contribution in [-0.4, -0.2) is 193 Å². The first-order valence-corrected chi connectivity index (χ1v) is 21.5. The van der Waals surface area contributed by atoms with Crippen LogP contribution in [0.3, 0.4) is 0 Å². The van der Waals surface area contributed by atoms with E-state index in [9.17, 15) is 97.5 Å². The van der Waals surface area contributed by atoms with Crippen molar-refractivity contribution >= 4 is 88.9 Å². The third-order valence-corrected chi connectivity index (χ3v) is 10.00. The largest absolute Gasteiger partial charge is 0.481 e. The van der Waals surface area contributed by atoms with E-state index in [0.717, 1.165) is 13.8 Å². The maximum absolute atomic E-state index is 13.5. The molecule has 33 nitrogen and oxygen atoms in total. The topological polar surface area (TPSA) is 550 Å². The second-order valence-electron chi connectivity index (χ2n) is 16.1. The molecule has 72 heavy (non-hydrogen) atoms. The Bertz CT molecular complexity index is 2090. The van der Waals surface area contributed by atoms with Crippen LogP contribution < -0.4 is 59.3 Å². The molecule has 402 valence electrons. The van der Waals surface area contributed by atoms with E-state index in [1.165, 1.54) is 6.92 Å². The molecule has 1 rings (SSSR count). The van der Waals surface area contributed by atoms with E-state index in [-0.39, 0.29) is 0 Å². The predicted octanol–water partition coefficient (Wildman–Crippen LogP) is -8.50. The predicted molar refractivity (Wildman–Crippen MR) is 233 cm³/mol. The van der Waals surface area contributed by atoms with Gasteiger partial charge in [0, 0.05) is 26.2 Å². The number of epoxide rings is 1. The van der Waals surface area contributed by atoms with Gasteiger partial charge in [-0.25, -0.2) is 0 Å². The SMILES string of the molecule is CC(=O)N[C@H](CO)C(=O)N[C@H](CCC(=O)O)C(=O)N[C@H](CC(=O)O)C1OC1N[C@H](CC(N)=O)C(=O)N[C@H](C)C(=O)N[C@H](CC(=O)O)C(=O)N[C@H](CCC(=O)O)C(=O)N[C@H](CCC(=O)O)C(=O)N[C@H](C)C(N)=O. The van der Waals surface area contributed by atoms with Crippen LogP contribution in [-0.2, 0) is 76.7 Å². The molecule has 1 aliphatic heterocycles. The summed E-state index contributed by atoms with van der Waals surface area (Å²) in [6.07, 6.45) is -9.58. The van der Waals surface area contributed by atoms with Crippen LogP contribution in [0.1, 0.15) is 78.6 Å². The molecule has 0 aromatic heterocycles. The molecular weight excluding hydrogens is 974 g/mol. The lowest BCUT2D eigenvalue weighted by atomic mass is 10.1. The fraction of sp³-hybridized carbons (Fsp3) is 0.615. The van der Waals surface area contributed by atoms with Crippen molar-refractivity contribution in [1.82, 2.24) is 47.9 Å². The van der Waals surface area contributed by atoms with Crippen LogP contribution in [0, 0.1) is 0 Å². The fourth-order valence-electron chi connectivity index (χ4n) is 6.22. The van der Waals surface area contributed by atoms with Gasteiger partial charge in [-0.15, -0.1) is 0 Å². The lowest BCUT2D eigenvalue weighted by molar-refractivity contribution is -0.142. The monoisotopic (exact) mass is 1030 g/mol. The third kappa shape index (κ3) is 23.5. The average Bonchev–Trinajstić information content (AvgIpc) is 4.03. The second-order valence-corrected chi connectivity index (χ2v) is 16.1. The summed E-state index contributed by atoms with van der Waals surface area (Å²) in [5.41, 5.74) is 10.5. The molecule has 1 fully saturated rings. The number of ether oxygens (including phenoxy) is 1. The molecule has 33 heteroatoms. The Morgan fingerprint density at radius 1 is 0.458 bits per heavy atom. The summed E-state index contributed by atoms with van der Waals surface area (Å²) in [6.45, 7) is 2.30. The van der Waals surface area contributed by atoms with E-state index in [1.54, 1.807) is 0 Å². The molecule has 19 N–H and O–H groups in total. The summed E-state index contributed by atoms with van der Waals surface area (Å²) in [5.74, 6) is -18.8.